The van der Waals surface area contributed by atoms with Crippen molar-refractivity contribution in [2.45, 2.75) is 12.7 Å². The molecule has 0 aliphatic rings. The highest BCUT2D eigenvalue weighted by Gasteiger charge is 2.30. The van der Waals surface area contributed by atoms with Crippen molar-refractivity contribution in [3.63, 3.8) is 0 Å². The van der Waals surface area contributed by atoms with E-state index in [9.17, 15) is 22.8 Å². The normalized spacial score (nSPS) is 10.9. The van der Waals surface area contributed by atoms with Crippen LogP contribution in [0.2, 0.25) is 0 Å². The van der Waals surface area contributed by atoms with Crippen molar-refractivity contribution in [2.24, 2.45) is 0 Å². The Labute approximate surface area is 141 Å². The first-order chi connectivity index (χ1) is 11.8. The van der Waals surface area contributed by atoms with E-state index in [-0.39, 0.29) is 12.2 Å². The number of alkyl halides is 3. The van der Waals surface area contributed by atoms with Gasteiger partial charge in [0.2, 0.25) is 0 Å². The lowest BCUT2D eigenvalue weighted by Gasteiger charge is -2.11. The van der Waals surface area contributed by atoms with Gasteiger partial charge in [0.05, 0.1) is 18.2 Å². The Bertz CT molecular complexity index is 758. The van der Waals surface area contributed by atoms with Gasteiger partial charge in [-0.1, -0.05) is 18.2 Å². The van der Waals surface area contributed by atoms with E-state index < -0.39 is 23.7 Å². The number of nitrogens with one attached hydrogen (secondary N) is 2. The highest BCUT2D eigenvalue weighted by atomic mass is 19.4. The number of methoxy groups -OCH3 is 1. The van der Waals surface area contributed by atoms with Gasteiger partial charge in [0.25, 0.3) is 0 Å². The van der Waals surface area contributed by atoms with Crippen LogP contribution in [0.4, 0.5) is 23.7 Å². The molecule has 25 heavy (non-hydrogen) atoms. The fraction of sp³-hybridized carbons (Fsp3) is 0.176. The average Bonchev–Trinajstić information content (AvgIpc) is 2.59. The molecule has 2 aromatic rings. The lowest BCUT2D eigenvalue weighted by atomic mass is 10.1. The second-order valence-corrected chi connectivity index (χ2v) is 5.07. The number of carbonyl (C=O) groups is 2. The summed E-state index contributed by atoms with van der Waals surface area (Å²) < 4.78 is 42.5. The summed E-state index contributed by atoms with van der Waals surface area (Å²) in [5.41, 5.74) is 0.281. The summed E-state index contributed by atoms with van der Waals surface area (Å²) in [4.78, 5) is 23.1. The molecule has 0 unspecified atom stereocenters. The molecule has 0 aliphatic carbocycles. The number of anilines is 1. The largest absolute Gasteiger partial charge is 0.465 e. The quantitative estimate of drug-likeness (QED) is 0.822. The lowest BCUT2D eigenvalue weighted by Crippen LogP contribution is -2.28. The summed E-state index contributed by atoms with van der Waals surface area (Å²) in [5, 5.41) is 4.86. The molecule has 0 saturated heterocycles. The van der Waals surface area contributed by atoms with Crippen LogP contribution in [0.5, 0.6) is 0 Å². The molecular formula is C17H15F3N2O3. The minimum absolute atomic E-state index is 0.0355. The minimum Gasteiger partial charge on any atom is -0.465 e. The molecule has 0 aromatic heterocycles. The molecule has 2 rings (SSSR count). The van der Waals surface area contributed by atoms with Crippen LogP contribution in [0.15, 0.2) is 48.5 Å². The molecule has 0 radical (unpaired) electrons. The Balaban J connectivity index is 1.92. The average molecular weight is 352 g/mol. The van der Waals surface area contributed by atoms with Crippen molar-refractivity contribution in [1.29, 1.82) is 0 Å². The number of carbonyl (C=O) groups excluding carboxylic acids is 2. The molecule has 0 saturated carbocycles. The topological polar surface area (TPSA) is 67.4 Å². The Kier molecular flexibility index (Phi) is 5.63. The van der Waals surface area contributed by atoms with Gasteiger partial charge in [-0.2, -0.15) is 13.2 Å². The van der Waals surface area contributed by atoms with E-state index in [2.05, 4.69) is 15.4 Å². The Morgan fingerprint density at radius 3 is 2.36 bits per heavy atom. The number of hydrogen-bond donors (Lipinski definition) is 2. The SMILES string of the molecule is COC(=O)c1ccc(CNC(=O)Nc2cccc(C(F)(F)F)c2)cc1. The highest BCUT2D eigenvalue weighted by Crippen LogP contribution is 2.30. The van der Waals surface area contributed by atoms with Crippen molar-refractivity contribution in [3.8, 4) is 0 Å². The van der Waals surface area contributed by atoms with E-state index >= 15 is 0 Å². The first-order valence-corrected chi connectivity index (χ1v) is 7.19. The summed E-state index contributed by atoms with van der Waals surface area (Å²) in [5.74, 6) is -0.471. The third-order valence-corrected chi connectivity index (χ3v) is 3.28. The van der Waals surface area contributed by atoms with E-state index in [1.54, 1.807) is 24.3 Å². The number of ether oxygens (including phenoxy) is 1. The van der Waals surface area contributed by atoms with Gasteiger partial charge in [0, 0.05) is 12.2 Å². The zero-order valence-electron chi connectivity index (χ0n) is 13.2. The van der Waals surface area contributed by atoms with Crippen LogP contribution in [0.25, 0.3) is 0 Å². The van der Waals surface area contributed by atoms with Gasteiger partial charge < -0.3 is 15.4 Å². The van der Waals surface area contributed by atoms with E-state index in [1.807, 2.05) is 0 Å². The van der Waals surface area contributed by atoms with Crippen LogP contribution in [0, 0.1) is 0 Å². The van der Waals surface area contributed by atoms with Crippen molar-refractivity contribution in [3.05, 3.63) is 65.2 Å². The van der Waals surface area contributed by atoms with Gasteiger partial charge >= 0.3 is 18.2 Å². The van der Waals surface area contributed by atoms with Gasteiger partial charge in [-0.25, -0.2) is 9.59 Å². The molecule has 132 valence electrons. The second kappa shape index (κ2) is 7.69. The number of rotatable bonds is 4. The molecule has 0 aliphatic heterocycles. The summed E-state index contributed by atoms with van der Waals surface area (Å²) in [6.45, 7) is 0.145. The summed E-state index contributed by atoms with van der Waals surface area (Å²) in [6.07, 6.45) is -4.48. The first kappa shape index (κ1) is 18.3. The fourth-order valence-electron chi connectivity index (χ4n) is 2.01. The summed E-state index contributed by atoms with van der Waals surface area (Å²) in [6, 6.07) is 10.1. The molecule has 5 nitrogen and oxygen atoms in total. The third-order valence-electron chi connectivity index (χ3n) is 3.28. The van der Waals surface area contributed by atoms with E-state index in [0.29, 0.717) is 11.1 Å². The molecule has 0 bridgehead atoms. The zero-order chi connectivity index (χ0) is 18.4. The maximum absolute atomic E-state index is 12.6. The van der Waals surface area contributed by atoms with Crippen LogP contribution in [-0.4, -0.2) is 19.1 Å². The van der Waals surface area contributed by atoms with Crippen molar-refractivity contribution >= 4 is 17.7 Å². The number of benzene rings is 2. The Hall–Kier alpha value is -3.03. The number of esters is 1. The first-order valence-electron chi connectivity index (χ1n) is 7.19. The Morgan fingerprint density at radius 2 is 1.76 bits per heavy atom. The Morgan fingerprint density at radius 1 is 1.08 bits per heavy atom. The summed E-state index contributed by atoms with van der Waals surface area (Å²) >= 11 is 0. The maximum Gasteiger partial charge on any atom is 0.416 e. The molecule has 0 heterocycles. The highest BCUT2D eigenvalue weighted by molar-refractivity contribution is 5.90. The molecule has 2 amide bonds. The second-order valence-electron chi connectivity index (χ2n) is 5.07. The van der Waals surface area contributed by atoms with Gasteiger partial charge in [-0.05, 0) is 35.9 Å². The van der Waals surface area contributed by atoms with Crippen LogP contribution in [-0.2, 0) is 17.5 Å². The zero-order valence-corrected chi connectivity index (χ0v) is 13.2. The van der Waals surface area contributed by atoms with E-state index in [4.69, 9.17) is 0 Å². The number of urea groups is 1. The molecule has 0 atom stereocenters. The standard InChI is InChI=1S/C17H15F3N2O3/c1-25-15(23)12-7-5-11(6-8-12)10-21-16(24)22-14-4-2-3-13(9-14)17(18,19)20/h2-9H,10H2,1H3,(H2,21,22,24). The van der Waals surface area contributed by atoms with Crippen LogP contribution >= 0.6 is 0 Å². The molecule has 0 spiro atoms. The van der Waals surface area contributed by atoms with Crippen LogP contribution < -0.4 is 10.6 Å². The van der Waals surface area contributed by atoms with Gasteiger partial charge in [-0.3, -0.25) is 0 Å². The molecular weight excluding hydrogens is 337 g/mol. The predicted molar refractivity (Wildman–Crippen MR) is 85.1 cm³/mol. The summed E-state index contributed by atoms with van der Waals surface area (Å²) in [7, 11) is 1.27. The van der Waals surface area contributed by atoms with E-state index in [1.165, 1.54) is 19.2 Å². The van der Waals surface area contributed by atoms with Crippen molar-refractivity contribution in [2.75, 3.05) is 12.4 Å². The van der Waals surface area contributed by atoms with Gasteiger partial charge in [0.15, 0.2) is 0 Å². The molecule has 8 heteroatoms. The smallest absolute Gasteiger partial charge is 0.416 e. The molecule has 2 aromatic carbocycles. The minimum atomic E-state index is -4.48. The van der Waals surface area contributed by atoms with Crippen molar-refractivity contribution in [1.82, 2.24) is 5.32 Å². The van der Waals surface area contributed by atoms with Crippen molar-refractivity contribution < 1.29 is 27.5 Å². The number of halogens is 3. The molecule has 0 fully saturated rings. The fourth-order valence-corrected chi connectivity index (χ4v) is 2.01. The lowest BCUT2D eigenvalue weighted by molar-refractivity contribution is -0.137. The predicted octanol–water partition coefficient (Wildman–Crippen LogP) is 3.81. The van der Waals surface area contributed by atoms with Crippen LogP contribution in [0.3, 0.4) is 0 Å². The number of amides is 2. The third kappa shape index (κ3) is 5.23. The monoisotopic (exact) mass is 352 g/mol. The van der Waals surface area contributed by atoms with E-state index in [0.717, 1.165) is 12.1 Å². The number of hydrogen-bond acceptors (Lipinski definition) is 3. The maximum atomic E-state index is 12.6. The van der Waals surface area contributed by atoms with Gasteiger partial charge in [0.1, 0.15) is 0 Å². The molecule has 2 N–H and O–H groups in total. The van der Waals surface area contributed by atoms with Gasteiger partial charge in [-0.15, -0.1) is 0 Å². The van der Waals surface area contributed by atoms with Crippen LogP contribution in [0.1, 0.15) is 21.5 Å².